The van der Waals surface area contributed by atoms with Crippen LogP contribution in [-0.2, 0) is 19.1 Å². The lowest BCUT2D eigenvalue weighted by Crippen LogP contribution is -2.30. The molecule has 0 N–H and O–H groups in total. The van der Waals surface area contributed by atoms with Gasteiger partial charge in [-0.25, -0.2) is 0 Å². The van der Waals surface area contributed by atoms with Crippen LogP contribution in [0.25, 0.3) is 0 Å². The van der Waals surface area contributed by atoms with Crippen molar-refractivity contribution in [2.75, 3.05) is 13.2 Å². The number of rotatable bonds is 6. The first-order valence-electron chi connectivity index (χ1n) is 7.73. The van der Waals surface area contributed by atoms with Gasteiger partial charge in [-0.05, 0) is 31.1 Å². The van der Waals surface area contributed by atoms with Crippen molar-refractivity contribution in [2.45, 2.75) is 53.4 Å². The highest BCUT2D eigenvalue weighted by molar-refractivity contribution is 5.76. The van der Waals surface area contributed by atoms with Gasteiger partial charge in [0.05, 0.1) is 25.0 Å². The molecule has 0 heterocycles. The molecule has 0 spiro atoms. The van der Waals surface area contributed by atoms with Gasteiger partial charge in [0, 0.05) is 0 Å². The van der Waals surface area contributed by atoms with Crippen molar-refractivity contribution < 1.29 is 19.1 Å². The van der Waals surface area contributed by atoms with Gasteiger partial charge in [-0.2, -0.15) is 0 Å². The summed E-state index contributed by atoms with van der Waals surface area (Å²) in [7, 11) is 0. The molecular formula is C16H28O4. The Kier molecular flexibility index (Phi) is 7.03. The predicted octanol–water partition coefficient (Wildman–Crippen LogP) is 3.19. The number of ether oxygens (including phenoxy) is 2. The van der Waals surface area contributed by atoms with E-state index in [4.69, 9.17) is 9.47 Å². The van der Waals surface area contributed by atoms with Crippen LogP contribution in [0, 0.1) is 23.7 Å². The summed E-state index contributed by atoms with van der Waals surface area (Å²) in [6.45, 7) is 8.97. The van der Waals surface area contributed by atoms with E-state index in [0.29, 0.717) is 31.5 Å². The first kappa shape index (κ1) is 17.0. The lowest BCUT2D eigenvalue weighted by Gasteiger charge is -2.26. The third-order valence-corrected chi connectivity index (χ3v) is 3.46. The lowest BCUT2D eigenvalue weighted by atomic mass is 9.81. The topological polar surface area (TPSA) is 52.6 Å². The van der Waals surface area contributed by atoms with Gasteiger partial charge in [-0.3, -0.25) is 9.59 Å². The Morgan fingerprint density at radius 2 is 1.30 bits per heavy atom. The van der Waals surface area contributed by atoms with Gasteiger partial charge in [0.25, 0.3) is 0 Å². The van der Waals surface area contributed by atoms with Gasteiger partial charge in [-0.1, -0.05) is 34.1 Å². The van der Waals surface area contributed by atoms with Crippen LogP contribution < -0.4 is 0 Å². The molecule has 2 unspecified atom stereocenters. The van der Waals surface area contributed by atoms with Gasteiger partial charge in [0.2, 0.25) is 0 Å². The lowest BCUT2D eigenvalue weighted by molar-refractivity contribution is -0.156. The second-order valence-electron chi connectivity index (χ2n) is 6.61. The van der Waals surface area contributed by atoms with Crippen molar-refractivity contribution in [2.24, 2.45) is 23.7 Å². The van der Waals surface area contributed by atoms with Crippen LogP contribution in [0.3, 0.4) is 0 Å². The number of hydrogen-bond donors (Lipinski definition) is 0. The summed E-state index contributed by atoms with van der Waals surface area (Å²) in [6, 6.07) is 0. The van der Waals surface area contributed by atoms with Crippen molar-refractivity contribution in [1.29, 1.82) is 0 Å². The van der Waals surface area contributed by atoms with E-state index in [2.05, 4.69) is 0 Å². The first-order chi connectivity index (χ1) is 9.40. The fourth-order valence-corrected chi connectivity index (χ4v) is 2.35. The molecule has 1 aliphatic carbocycles. The molecule has 0 saturated heterocycles. The molecule has 0 bridgehead atoms. The molecule has 1 fully saturated rings. The van der Waals surface area contributed by atoms with Gasteiger partial charge in [-0.15, -0.1) is 0 Å². The highest BCUT2D eigenvalue weighted by Gasteiger charge is 2.33. The normalized spacial score (nSPS) is 22.9. The van der Waals surface area contributed by atoms with Crippen molar-refractivity contribution in [3.63, 3.8) is 0 Å². The van der Waals surface area contributed by atoms with E-state index >= 15 is 0 Å². The van der Waals surface area contributed by atoms with Crippen LogP contribution in [0.5, 0.6) is 0 Å². The summed E-state index contributed by atoms with van der Waals surface area (Å²) >= 11 is 0. The van der Waals surface area contributed by atoms with Crippen molar-refractivity contribution in [1.82, 2.24) is 0 Å². The molecule has 116 valence electrons. The number of carbonyl (C=O) groups is 2. The summed E-state index contributed by atoms with van der Waals surface area (Å²) in [4.78, 5) is 23.9. The Labute approximate surface area is 122 Å². The second-order valence-corrected chi connectivity index (χ2v) is 6.61. The molecule has 0 aromatic carbocycles. The molecule has 0 amide bonds. The van der Waals surface area contributed by atoms with Crippen LogP contribution in [0.4, 0.5) is 0 Å². The minimum absolute atomic E-state index is 0.140. The first-order valence-corrected chi connectivity index (χ1v) is 7.73. The molecule has 1 rings (SSSR count). The molecule has 0 radical (unpaired) electrons. The van der Waals surface area contributed by atoms with Crippen LogP contribution >= 0.6 is 0 Å². The summed E-state index contributed by atoms with van der Waals surface area (Å²) in [5, 5.41) is 0. The fourth-order valence-electron chi connectivity index (χ4n) is 2.35. The Morgan fingerprint density at radius 1 is 0.900 bits per heavy atom. The maximum Gasteiger partial charge on any atom is 0.308 e. The standard InChI is InChI=1S/C16H28O4/c1-11(2)9-19-15(17)13-6-5-7-14(8-13)16(18)20-10-12(3)4/h11-14H,5-10H2,1-4H3. The summed E-state index contributed by atoms with van der Waals surface area (Å²) in [6.07, 6.45) is 3.12. The average molecular weight is 284 g/mol. The minimum atomic E-state index is -0.153. The van der Waals surface area contributed by atoms with Crippen LogP contribution in [0.1, 0.15) is 53.4 Å². The number of hydrogen-bond acceptors (Lipinski definition) is 4. The monoisotopic (exact) mass is 284 g/mol. The Bertz CT molecular complexity index is 292. The Morgan fingerprint density at radius 3 is 1.65 bits per heavy atom. The highest BCUT2D eigenvalue weighted by Crippen LogP contribution is 2.31. The van der Waals surface area contributed by atoms with E-state index in [1.54, 1.807) is 0 Å². The maximum atomic E-state index is 12.0. The third kappa shape index (κ3) is 5.93. The maximum absolute atomic E-state index is 12.0. The molecule has 20 heavy (non-hydrogen) atoms. The largest absolute Gasteiger partial charge is 0.465 e. The Balaban J connectivity index is 2.41. The highest BCUT2D eigenvalue weighted by atomic mass is 16.5. The quantitative estimate of drug-likeness (QED) is 0.703. The van der Waals surface area contributed by atoms with E-state index in [-0.39, 0.29) is 23.8 Å². The van der Waals surface area contributed by atoms with Crippen molar-refractivity contribution >= 4 is 11.9 Å². The van der Waals surface area contributed by atoms with E-state index in [0.717, 1.165) is 19.3 Å². The molecule has 1 aliphatic rings. The predicted molar refractivity (Wildman–Crippen MR) is 77.0 cm³/mol. The summed E-state index contributed by atoms with van der Waals surface area (Å²) < 4.78 is 10.6. The van der Waals surface area contributed by atoms with E-state index in [1.165, 1.54) is 0 Å². The average Bonchev–Trinajstić information content (AvgIpc) is 2.42. The van der Waals surface area contributed by atoms with Crippen molar-refractivity contribution in [3.8, 4) is 0 Å². The zero-order valence-corrected chi connectivity index (χ0v) is 13.2. The minimum Gasteiger partial charge on any atom is -0.465 e. The van der Waals surface area contributed by atoms with E-state index in [1.807, 2.05) is 27.7 Å². The smallest absolute Gasteiger partial charge is 0.308 e. The molecule has 0 aromatic heterocycles. The van der Waals surface area contributed by atoms with Gasteiger partial charge in [0.15, 0.2) is 0 Å². The SMILES string of the molecule is CC(C)COC(=O)C1CCCC(C(=O)OCC(C)C)C1. The van der Waals surface area contributed by atoms with E-state index in [9.17, 15) is 9.59 Å². The van der Waals surface area contributed by atoms with Gasteiger partial charge >= 0.3 is 11.9 Å². The third-order valence-electron chi connectivity index (χ3n) is 3.46. The molecule has 1 saturated carbocycles. The Hall–Kier alpha value is -1.06. The zero-order chi connectivity index (χ0) is 15.1. The van der Waals surface area contributed by atoms with Crippen LogP contribution in [0.15, 0.2) is 0 Å². The van der Waals surface area contributed by atoms with E-state index < -0.39 is 0 Å². The van der Waals surface area contributed by atoms with Gasteiger partial charge in [0.1, 0.15) is 0 Å². The zero-order valence-electron chi connectivity index (χ0n) is 13.2. The molecule has 4 heteroatoms. The van der Waals surface area contributed by atoms with Crippen LogP contribution in [0.2, 0.25) is 0 Å². The van der Waals surface area contributed by atoms with Crippen molar-refractivity contribution in [3.05, 3.63) is 0 Å². The summed E-state index contributed by atoms with van der Waals surface area (Å²) in [5.74, 6) is 0.0991. The molecular weight excluding hydrogens is 256 g/mol. The molecule has 0 aliphatic heterocycles. The fraction of sp³-hybridized carbons (Fsp3) is 0.875. The van der Waals surface area contributed by atoms with Gasteiger partial charge < -0.3 is 9.47 Å². The van der Waals surface area contributed by atoms with Crippen LogP contribution in [-0.4, -0.2) is 25.2 Å². The molecule has 0 aromatic rings. The number of esters is 2. The number of carbonyl (C=O) groups excluding carboxylic acids is 2. The molecule has 4 nitrogen and oxygen atoms in total. The summed E-state index contributed by atoms with van der Waals surface area (Å²) in [5.41, 5.74) is 0. The molecule has 2 atom stereocenters. The second kappa shape index (κ2) is 8.28.